The van der Waals surface area contributed by atoms with Crippen LogP contribution in [0.5, 0.6) is 11.5 Å². The number of hydrogen-bond acceptors (Lipinski definition) is 8. The van der Waals surface area contributed by atoms with Gasteiger partial charge in [-0.15, -0.1) is 0 Å². The summed E-state index contributed by atoms with van der Waals surface area (Å²) in [6.07, 6.45) is 1.90. The van der Waals surface area contributed by atoms with Gasteiger partial charge in [0.1, 0.15) is 0 Å². The predicted octanol–water partition coefficient (Wildman–Crippen LogP) is 5.28. The van der Waals surface area contributed by atoms with E-state index in [2.05, 4.69) is 5.32 Å². The van der Waals surface area contributed by atoms with E-state index in [9.17, 15) is 24.3 Å². The summed E-state index contributed by atoms with van der Waals surface area (Å²) in [7, 11) is 0. The molecular formula is C29H45NO8. The summed E-state index contributed by atoms with van der Waals surface area (Å²) in [6.45, 7) is 16.0. The first-order chi connectivity index (χ1) is 17.7. The third-order valence-electron chi connectivity index (χ3n) is 7.05. The Morgan fingerprint density at radius 2 is 1.39 bits per heavy atom. The molecule has 0 aliphatic carbocycles. The van der Waals surface area contributed by atoms with Gasteiger partial charge in [0.15, 0.2) is 11.5 Å². The van der Waals surface area contributed by atoms with Crippen molar-refractivity contribution in [1.82, 2.24) is 5.32 Å². The Morgan fingerprint density at radius 3 is 1.84 bits per heavy atom. The zero-order valence-electron chi connectivity index (χ0n) is 24.3. The molecule has 0 fully saturated rings. The lowest BCUT2D eigenvalue weighted by Crippen LogP contribution is -2.60. The van der Waals surface area contributed by atoms with Gasteiger partial charge in [0.05, 0.1) is 17.3 Å². The van der Waals surface area contributed by atoms with Crippen LogP contribution in [0, 0.1) is 17.3 Å². The number of carbonyl (C=O) groups is 4. The van der Waals surface area contributed by atoms with Crippen LogP contribution in [-0.4, -0.2) is 40.8 Å². The van der Waals surface area contributed by atoms with E-state index in [0.717, 1.165) is 0 Å². The van der Waals surface area contributed by atoms with Gasteiger partial charge in [0.2, 0.25) is 0 Å². The quantitative estimate of drug-likeness (QED) is 0.175. The molecule has 3 unspecified atom stereocenters. The molecule has 2 N–H and O–H groups in total. The minimum atomic E-state index is -2.08. The van der Waals surface area contributed by atoms with Crippen molar-refractivity contribution in [3.05, 3.63) is 23.8 Å². The van der Waals surface area contributed by atoms with Gasteiger partial charge in [-0.05, 0) is 64.2 Å². The predicted molar refractivity (Wildman–Crippen MR) is 144 cm³/mol. The van der Waals surface area contributed by atoms with Crippen molar-refractivity contribution in [1.29, 1.82) is 0 Å². The van der Waals surface area contributed by atoms with Crippen molar-refractivity contribution in [3.63, 3.8) is 0 Å². The molecule has 1 aromatic rings. The number of benzene rings is 1. The minimum Gasteiger partial charge on any atom is -0.477 e. The molecule has 0 bridgehead atoms. The second kappa shape index (κ2) is 14.3. The zero-order chi connectivity index (χ0) is 29.3. The second-order valence-electron chi connectivity index (χ2n) is 10.6. The Balaban J connectivity index is 3.58. The third-order valence-corrected chi connectivity index (χ3v) is 7.05. The van der Waals surface area contributed by atoms with Crippen LogP contribution >= 0.6 is 0 Å². The van der Waals surface area contributed by atoms with Crippen molar-refractivity contribution in [2.75, 3.05) is 0 Å². The average Bonchev–Trinajstić information content (AvgIpc) is 2.88. The van der Waals surface area contributed by atoms with Gasteiger partial charge in [0, 0.05) is 12.5 Å². The second-order valence-corrected chi connectivity index (χ2v) is 10.6. The topological polar surface area (TPSA) is 128 Å². The molecule has 0 aliphatic heterocycles. The summed E-state index contributed by atoms with van der Waals surface area (Å²) in [4.78, 5) is 50.7. The van der Waals surface area contributed by atoms with Crippen molar-refractivity contribution in [3.8, 4) is 11.5 Å². The summed E-state index contributed by atoms with van der Waals surface area (Å²) in [6, 6.07) is 4.19. The number of aliphatic carboxylic acids is 1. The van der Waals surface area contributed by atoms with Crippen LogP contribution < -0.4 is 14.8 Å². The third kappa shape index (κ3) is 8.82. The lowest BCUT2D eigenvalue weighted by molar-refractivity contribution is -0.191. The van der Waals surface area contributed by atoms with Crippen molar-refractivity contribution >= 4 is 23.9 Å². The Hall–Kier alpha value is -2.94. The molecule has 1 aromatic carbocycles. The van der Waals surface area contributed by atoms with Gasteiger partial charge < -0.3 is 19.3 Å². The van der Waals surface area contributed by atoms with E-state index >= 15 is 0 Å². The molecule has 9 nitrogen and oxygen atoms in total. The fourth-order valence-electron chi connectivity index (χ4n) is 3.10. The van der Waals surface area contributed by atoms with Gasteiger partial charge in [-0.3, -0.25) is 19.7 Å². The Bertz CT molecular complexity index is 989. The van der Waals surface area contributed by atoms with Crippen LogP contribution in [0.25, 0.3) is 0 Å². The molecule has 9 heteroatoms. The van der Waals surface area contributed by atoms with E-state index < -0.39 is 40.9 Å². The number of carboxylic acid groups (broad SMARTS) is 1. The Labute approximate surface area is 226 Å². The van der Waals surface area contributed by atoms with E-state index in [4.69, 9.17) is 14.2 Å². The molecule has 0 spiro atoms. The van der Waals surface area contributed by atoms with Gasteiger partial charge in [-0.2, -0.15) is 0 Å². The van der Waals surface area contributed by atoms with E-state index in [0.29, 0.717) is 31.2 Å². The molecule has 214 valence electrons. The molecule has 0 saturated heterocycles. The monoisotopic (exact) mass is 535 g/mol. The number of ether oxygens (including phenoxy) is 3. The summed E-state index contributed by atoms with van der Waals surface area (Å²) >= 11 is 0. The standard InChI is InChI=1S/C29H45NO8/c1-10-18(5)24(31)36-22-15-14-21(16-23(22)37-25(32)19(6)11-2)17-29(26(33)34,30-20(7)12-3)38-27(35)28(8,9)13-4/h14-16,18-20,30H,10-13,17H2,1-9H3,(H,33,34)/t18?,19?,20?,29-/m0/s1. The SMILES string of the molecule is CCC(C)N[C@@](Cc1ccc(OC(=O)C(C)CC)c(OC(=O)C(C)CC)c1)(OC(=O)C(C)(C)CC)C(=O)O. The highest BCUT2D eigenvalue weighted by molar-refractivity contribution is 5.84. The maximum atomic E-state index is 13.0. The van der Waals surface area contributed by atoms with Gasteiger partial charge in [0.25, 0.3) is 5.72 Å². The molecule has 1 rings (SSSR count). The molecular weight excluding hydrogens is 490 g/mol. The lowest BCUT2D eigenvalue weighted by Gasteiger charge is -2.35. The van der Waals surface area contributed by atoms with Crippen LogP contribution in [0.3, 0.4) is 0 Å². The normalized spacial score (nSPS) is 15.5. The maximum Gasteiger partial charge on any atom is 0.364 e. The maximum absolute atomic E-state index is 13.0. The Morgan fingerprint density at radius 1 is 0.868 bits per heavy atom. The number of carboxylic acids is 1. The van der Waals surface area contributed by atoms with Crippen LogP contribution in [0.15, 0.2) is 18.2 Å². The van der Waals surface area contributed by atoms with Gasteiger partial charge >= 0.3 is 23.9 Å². The van der Waals surface area contributed by atoms with Crippen LogP contribution in [-0.2, 0) is 30.3 Å². The highest BCUT2D eigenvalue weighted by atomic mass is 16.6. The smallest absolute Gasteiger partial charge is 0.364 e. The first kappa shape index (κ1) is 33.1. The summed E-state index contributed by atoms with van der Waals surface area (Å²) in [5.41, 5.74) is -2.57. The fraction of sp³-hybridized carbons (Fsp3) is 0.655. The van der Waals surface area contributed by atoms with E-state index in [1.165, 1.54) is 12.1 Å². The van der Waals surface area contributed by atoms with Crippen molar-refractivity contribution < 1.29 is 38.5 Å². The molecule has 0 amide bonds. The summed E-state index contributed by atoms with van der Waals surface area (Å²) in [5.74, 6) is -3.72. The Kier molecular flexibility index (Phi) is 12.4. The number of hydrogen-bond donors (Lipinski definition) is 2. The zero-order valence-corrected chi connectivity index (χ0v) is 24.3. The molecule has 0 heterocycles. The number of esters is 3. The minimum absolute atomic E-state index is 0.00695. The van der Waals surface area contributed by atoms with E-state index in [1.54, 1.807) is 40.7 Å². The number of carbonyl (C=O) groups excluding carboxylic acids is 3. The van der Waals surface area contributed by atoms with Gasteiger partial charge in [-0.25, -0.2) is 4.79 Å². The van der Waals surface area contributed by atoms with Crippen LogP contribution in [0.2, 0.25) is 0 Å². The van der Waals surface area contributed by atoms with Crippen molar-refractivity contribution in [2.45, 2.75) is 106 Å². The fourth-order valence-corrected chi connectivity index (χ4v) is 3.10. The van der Waals surface area contributed by atoms with E-state index in [1.807, 2.05) is 27.7 Å². The van der Waals surface area contributed by atoms with Gasteiger partial charge in [-0.1, -0.05) is 47.6 Å². The highest BCUT2D eigenvalue weighted by Crippen LogP contribution is 2.33. The molecule has 0 saturated carbocycles. The first-order valence-corrected chi connectivity index (χ1v) is 13.5. The first-order valence-electron chi connectivity index (χ1n) is 13.5. The summed E-state index contributed by atoms with van der Waals surface area (Å²) in [5, 5.41) is 13.3. The highest BCUT2D eigenvalue weighted by Gasteiger charge is 2.46. The number of nitrogens with one attached hydrogen (secondary N) is 1. The average molecular weight is 536 g/mol. The molecule has 4 atom stereocenters. The molecule has 0 aliphatic rings. The molecule has 0 aromatic heterocycles. The molecule has 0 radical (unpaired) electrons. The van der Waals surface area contributed by atoms with E-state index in [-0.39, 0.29) is 29.9 Å². The van der Waals surface area contributed by atoms with Crippen molar-refractivity contribution in [2.24, 2.45) is 17.3 Å². The molecule has 38 heavy (non-hydrogen) atoms. The van der Waals surface area contributed by atoms with Crippen LogP contribution in [0.1, 0.15) is 93.6 Å². The lowest BCUT2D eigenvalue weighted by atomic mass is 9.90. The number of rotatable bonds is 15. The summed E-state index contributed by atoms with van der Waals surface area (Å²) < 4.78 is 16.8. The largest absolute Gasteiger partial charge is 0.477 e. The van der Waals surface area contributed by atoms with Crippen LogP contribution in [0.4, 0.5) is 0 Å².